The highest BCUT2D eigenvalue weighted by molar-refractivity contribution is 5.70. The molecule has 1 aromatic carbocycles. The van der Waals surface area contributed by atoms with Gasteiger partial charge in [0.25, 0.3) is 0 Å². The van der Waals surface area contributed by atoms with Gasteiger partial charge < -0.3 is 10.5 Å². The van der Waals surface area contributed by atoms with E-state index in [1.807, 2.05) is 12.1 Å². The summed E-state index contributed by atoms with van der Waals surface area (Å²) in [6, 6.07) is 8.99. The number of ether oxygens (including phenoxy) is 1. The van der Waals surface area contributed by atoms with Gasteiger partial charge in [-0.25, -0.2) is 0 Å². The minimum atomic E-state index is -0.270. The molecule has 0 aliphatic heterocycles. The third-order valence-corrected chi connectivity index (χ3v) is 2.32. The van der Waals surface area contributed by atoms with Crippen LogP contribution >= 0.6 is 0 Å². The summed E-state index contributed by atoms with van der Waals surface area (Å²) in [5.74, 6) is -0.270. The van der Waals surface area contributed by atoms with Crippen LogP contribution in [0.3, 0.4) is 0 Å². The molecule has 0 aliphatic carbocycles. The summed E-state index contributed by atoms with van der Waals surface area (Å²) in [4.78, 5) is 11.2. The van der Waals surface area contributed by atoms with Crippen molar-refractivity contribution in [3.05, 3.63) is 35.4 Å². The first-order valence-corrected chi connectivity index (χ1v) is 5.56. The largest absolute Gasteiger partial charge is 0.466 e. The van der Waals surface area contributed by atoms with Crippen molar-refractivity contribution in [2.45, 2.75) is 25.8 Å². The molecule has 1 rings (SSSR count). The standard InChI is InChI=1S/C13H16N2O2/c1-2-17-13(16)8-12(15)7-10-3-5-11(9-14)6-4-10/h3-6,12H,2,7-8,15H2,1H3/t12-/m1/s1. The van der Waals surface area contributed by atoms with Gasteiger partial charge in [-0.15, -0.1) is 0 Å². The molecule has 0 amide bonds. The van der Waals surface area contributed by atoms with Gasteiger partial charge >= 0.3 is 5.97 Å². The molecule has 0 aromatic heterocycles. The van der Waals surface area contributed by atoms with Gasteiger partial charge in [0.2, 0.25) is 0 Å². The van der Waals surface area contributed by atoms with Gasteiger partial charge in [0, 0.05) is 6.04 Å². The quantitative estimate of drug-likeness (QED) is 0.778. The molecule has 2 N–H and O–H groups in total. The Morgan fingerprint density at radius 1 is 1.47 bits per heavy atom. The zero-order valence-corrected chi connectivity index (χ0v) is 9.85. The lowest BCUT2D eigenvalue weighted by atomic mass is 10.0. The average Bonchev–Trinajstić information content (AvgIpc) is 2.30. The minimum absolute atomic E-state index is 0.216. The summed E-state index contributed by atoms with van der Waals surface area (Å²) in [5.41, 5.74) is 7.47. The van der Waals surface area contributed by atoms with Gasteiger partial charge in [-0.2, -0.15) is 5.26 Å². The number of hydrogen-bond donors (Lipinski definition) is 1. The lowest BCUT2D eigenvalue weighted by molar-refractivity contribution is -0.143. The molecule has 4 heteroatoms. The second-order valence-corrected chi connectivity index (χ2v) is 3.78. The number of nitrogens with two attached hydrogens (primary N) is 1. The predicted octanol–water partition coefficient (Wildman–Crippen LogP) is 1.38. The first-order chi connectivity index (χ1) is 8.15. The van der Waals surface area contributed by atoms with Gasteiger partial charge in [-0.3, -0.25) is 4.79 Å². The number of nitrogens with zero attached hydrogens (tertiary/aromatic N) is 1. The van der Waals surface area contributed by atoms with Crippen LogP contribution in [0, 0.1) is 11.3 Å². The molecule has 0 spiro atoms. The summed E-state index contributed by atoms with van der Waals surface area (Å²) < 4.78 is 4.82. The summed E-state index contributed by atoms with van der Waals surface area (Å²) in [6.45, 7) is 2.15. The summed E-state index contributed by atoms with van der Waals surface area (Å²) in [6.07, 6.45) is 0.818. The van der Waals surface area contributed by atoms with E-state index in [0.29, 0.717) is 18.6 Å². The third kappa shape index (κ3) is 4.66. The molecule has 0 heterocycles. The maximum atomic E-state index is 11.2. The van der Waals surface area contributed by atoms with Gasteiger partial charge in [-0.1, -0.05) is 12.1 Å². The van der Waals surface area contributed by atoms with Crippen molar-refractivity contribution in [3.8, 4) is 6.07 Å². The Hall–Kier alpha value is -1.86. The fourth-order valence-electron chi connectivity index (χ4n) is 1.52. The average molecular weight is 232 g/mol. The Kier molecular flexibility index (Phi) is 5.18. The van der Waals surface area contributed by atoms with Crippen molar-refractivity contribution in [2.24, 2.45) is 5.73 Å². The molecule has 1 aromatic rings. The summed E-state index contributed by atoms with van der Waals surface area (Å²) >= 11 is 0. The molecule has 0 saturated carbocycles. The monoisotopic (exact) mass is 232 g/mol. The molecule has 0 aliphatic rings. The molecule has 0 fully saturated rings. The molecule has 17 heavy (non-hydrogen) atoms. The minimum Gasteiger partial charge on any atom is -0.466 e. The number of hydrogen-bond acceptors (Lipinski definition) is 4. The molecular weight excluding hydrogens is 216 g/mol. The summed E-state index contributed by atoms with van der Waals surface area (Å²) in [5, 5.41) is 8.65. The van der Waals surface area contributed by atoms with E-state index < -0.39 is 0 Å². The normalized spacial score (nSPS) is 11.6. The fourth-order valence-corrected chi connectivity index (χ4v) is 1.52. The number of nitriles is 1. The van der Waals surface area contributed by atoms with Crippen LogP contribution < -0.4 is 5.73 Å². The van der Waals surface area contributed by atoms with Crippen molar-refractivity contribution in [2.75, 3.05) is 6.61 Å². The van der Waals surface area contributed by atoms with E-state index in [1.165, 1.54) is 0 Å². The first kappa shape index (κ1) is 13.2. The zero-order valence-electron chi connectivity index (χ0n) is 9.85. The number of rotatable bonds is 5. The molecule has 0 saturated heterocycles. The van der Waals surface area contributed by atoms with Crippen molar-refractivity contribution >= 4 is 5.97 Å². The summed E-state index contributed by atoms with van der Waals surface area (Å²) in [7, 11) is 0. The van der Waals surface area contributed by atoms with E-state index in [-0.39, 0.29) is 18.4 Å². The van der Waals surface area contributed by atoms with Gasteiger partial charge in [0.05, 0.1) is 24.7 Å². The first-order valence-electron chi connectivity index (χ1n) is 5.56. The van der Waals surface area contributed by atoms with Crippen LogP contribution in [0.2, 0.25) is 0 Å². The fraction of sp³-hybridized carbons (Fsp3) is 0.385. The maximum Gasteiger partial charge on any atom is 0.307 e. The lowest BCUT2D eigenvalue weighted by Gasteiger charge is -2.10. The van der Waals surface area contributed by atoms with Crippen LogP contribution in [-0.4, -0.2) is 18.6 Å². The van der Waals surface area contributed by atoms with Crippen LogP contribution in [0.25, 0.3) is 0 Å². The van der Waals surface area contributed by atoms with E-state index in [9.17, 15) is 4.79 Å². The van der Waals surface area contributed by atoms with E-state index in [4.69, 9.17) is 15.7 Å². The zero-order chi connectivity index (χ0) is 12.7. The van der Waals surface area contributed by atoms with Gasteiger partial charge in [-0.05, 0) is 31.0 Å². The van der Waals surface area contributed by atoms with Crippen LogP contribution in [0.5, 0.6) is 0 Å². The topological polar surface area (TPSA) is 76.1 Å². The predicted molar refractivity (Wildman–Crippen MR) is 64.1 cm³/mol. The van der Waals surface area contributed by atoms with Crippen molar-refractivity contribution in [3.63, 3.8) is 0 Å². The van der Waals surface area contributed by atoms with Crippen LogP contribution in [-0.2, 0) is 16.0 Å². The number of carbonyl (C=O) groups excluding carboxylic acids is 1. The highest BCUT2D eigenvalue weighted by atomic mass is 16.5. The van der Waals surface area contributed by atoms with Crippen LogP contribution in [0.1, 0.15) is 24.5 Å². The van der Waals surface area contributed by atoms with E-state index >= 15 is 0 Å². The maximum absolute atomic E-state index is 11.2. The molecule has 1 atom stereocenters. The number of benzene rings is 1. The van der Waals surface area contributed by atoms with Gasteiger partial charge in [0.1, 0.15) is 0 Å². The Labute approximate surface area is 101 Å². The van der Waals surface area contributed by atoms with Crippen molar-refractivity contribution in [1.29, 1.82) is 5.26 Å². The van der Waals surface area contributed by atoms with Crippen LogP contribution in [0.15, 0.2) is 24.3 Å². The highest BCUT2D eigenvalue weighted by Gasteiger charge is 2.10. The molecular formula is C13H16N2O2. The van der Waals surface area contributed by atoms with E-state index in [2.05, 4.69) is 6.07 Å². The molecule has 90 valence electrons. The molecule has 0 radical (unpaired) electrons. The number of carbonyl (C=O) groups is 1. The highest BCUT2D eigenvalue weighted by Crippen LogP contribution is 2.07. The van der Waals surface area contributed by atoms with E-state index in [1.54, 1.807) is 19.1 Å². The van der Waals surface area contributed by atoms with Crippen molar-refractivity contribution < 1.29 is 9.53 Å². The van der Waals surface area contributed by atoms with E-state index in [0.717, 1.165) is 5.56 Å². The number of esters is 1. The second-order valence-electron chi connectivity index (χ2n) is 3.78. The van der Waals surface area contributed by atoms with Crippen molar-refractivity contribution in [1.82, 2.24) is 0 Å². The Morgan fingerprint density at radius 2 is 2.12 bits per heavy atom. The molecule has 0 unspecified atom stereocenters. The SMILES string of the molecule is CCOC(=O)C[C@H](N)Cc1ccc(C#N)cc1. The smallest absolute Gasteiger partial charge is 0.307 e. The third-order valence-electron chi connectivity index (χ3n) is 2.32. The van der Waals surface area contributed by atoms with Gasteiger partial charge in [0.15, 0.2) is 0 Å². The van der Waals surface area contributed by atoms with Crippen LogP contribution in [0.4, 0.5) is 0 Å². The Bertz CT molecular complexity index is 406. The lowest BCUT2D eigenvalue weighted by Crippen LogP contribution is -2.27. The molecule has 0 bridgehead atoms. The Morgan fingerprint density at radius 3 is 2.65 bits per heavy atom. The second kappa shape index (κ2) is 6.66. The molecule has 4 nitrogen and oxygen atoms in total. The Balaban J connectivity index is 2.47.